The summed E-state index contributed by atoms with van der Waals surface area (Å²) in [4.78, 5) is 18.8. The van der Waals surface area contributed by atoms with Crippen LogP contribution in [0.3, 0.4) is 0 Å². The van der Waals surface area contributed by atoms with E-state index in [4.69, 9.17) is 10.5 Å². The first-order valence-corrected chi connectivity index (χ1v) is 8.29. The van der Waals surface area contributed by atoms with Gasteiger partial charge in [0.2, 0.25) is 0 Å². The van der Waals surface area contributed by atoms with Crippen LogP contribution in [0, 0.1) is 18.8 Å². The Bertz CT molecular complexity index is 845. The number of hydrogen-bond donors (Lipinski definition) is 2. The molecule has 3 rings (SSSR count). The highest BCUT2D eigenvalue weighted by Crippen LogP contribution is 2.40. The number of aryl methyl sites for hydroxylation is 2. The topological polar surface area (TPSA) is 85.4 Å². The maximum atomic E-state index is 12.3. The summed E-state index contributed by atoms with van der Waals surface area (Å²) in [5.41, 5.74) is 8.72. The van der Waals surface area contributed by atoms with Gasteiger partial charge in [0.05, 0.1) is 17.5 Å². The molecule has 0 spiro atoms. The lowest BCUT2D eigenvalue weighted by Crippen LogP contribution is -2.17. The predicted molar refractivity (Wildman–Crippen MR) is 90.5 cm³/mol. The largest absolute Gasteiger partial charge is 0.449 e. The predicted octanol–water partition coefficient (Wildman–Crippen LogP) is 2.22. The highest BCUT2D eigenvalue weighted by atomic mass is 32.1. The number of hydrogen-bond acceptors (Lipinski definition) is 6. The van der Waals surface area contributed by atoms with Crippen molar-refractivity contribution in [1.29, 1.82) is 0 Å². The SMILES string of the molecule is CC#CCOC(=O)c1c(C)nc2sc3c(c2c1N)CC[C@@H](O)C3. The minimum Gasteiger partial charge on any atom is -0.449 e. The van der Waals surface area contributed by atoms with Gasteiger partial charge in [0.25, 0.3) is 0 Å². The summed E-state index contributed by atoms with van der Waals surface area (Å²) in [5, 5.41) is 10.7. The molecule has 3 N–H and O–H groups in total. The van der Waals surface area contributed by atoms with E-state index in [9.17, 15) is 9.90 Å². The van der Waals surface area contributed by atoms with Crippen LogP contribution in [0.2, 0.25) is 0 Å². The molecule has 0 saturated heterocycles. The summed E-state index contributed by atoms with van der Waals surface area (Å²) < 4.78 is 5.15. The van der Waals surface area contributed by atoms with Gasteiger partial charge in [0.1, 0.15) is 10.4 Å². The van der Waals surface area contributed by atoms with Crippen LogP contribution in [-0.2, 0) is 17.6 Å². The summed E-state index contributed by atoms with van der Waals surface area (Å²) >= 11 is 1.55. The Balaban J connectivity index is 2.09. The van der Waals surface area contributed by atoms with Crippen LogP contribution in [0.15, 0.2) is 0 Å². The number of rotatable bonds is 2. The molecule has 0 radical (unpaired) electrons. The average Bonchev–Trinajstić information content (AvgIpc) is 2.84. The molecule has 0 fully saturated rings. The van der Waals surface area contributed by atoms with Gasteiger partial charge < -0.3 is 15.6 Å². The Kier molecular flexibility index (Phi) is 4.24. The van der Waals surface area contributed by atoms with E-state index in [1.54, 1.807) is 25.2 Å². The number of pyridine rings is 1. The monoisotopic (exact) mass is 330 g/mol. The Morgan fingerprint density at radius 2 is 2.35 bits per heavy atom. The molecule has 0 amide bonds. The lowest BCUT2D eigenvalue weighted by molar-refractivity contribution is 0.0556. The van der Waals surface area contributed by atoms with Crippen molar-refractivity contribution in [2.24, 2.45) is 0 Å². The molecule has 5 nitrogen and oxygen atoms in total. The van der Waals surface area contributed by atoms with Crippen molar-refractivity contribution in [3.05, 3.63) is 21.7 Å². The Labute approximate surface area is 138 Å². The Morgan fingerprint density at radius 3 is 3.09 bits per heavy atom. The van der Waals surface area contributed by atoms with Crippen molar-refractivity contribution in [2.75, 3.05) is 12.3 Å². The molecule has 6 heteroatoms. The first kappa shape index (κ1) is 15.8. The fourth-order valence-corrected chi connectivity index (χ4v) is 4.30. The number of esters is 1. The molecule has 0 aromatic carbocycles. The molecule has 2 heterocycles. The summed E-state index contributed by atoms with van der Waals surface area (Å²) in [5.74, 6) is 4.88. The standard InChI is InChI=1S/C17H18N2O3S/c1-3-4-7-22-17(21)13-9(2)19-16-14(15(13)18)11-6-5-10(20)8-12(11)23-16/h10,20H,5-8H2,1-2H3,(H2,18,19)/t10-/m1/s1. The second-order valence-corrected chi connectivity index (χ2v) is 6.65. The van der Waals surface area contributed by atoms with Crippen LogP contribution in [0.5, 0.6) is 0 Å². The summed E-state index contributed by atoms with van der Waals surface area (Å²) in [7, 11) is 0. The second-order valence-electron chi connectivity index (χ2n) is 5.57. The molecule has 1 aliphatic rings. The fourth-order valence-electron chi connectivity index (χ4n) is 2.94. The van der Waals surface area contributed by atoms with Gasteiger partial charge in [0, 0.05) is 16.7 Å². The number of nitrogens with two attached hydrogens (primary N) is 1. The first-order valence-electron chi connectivity index (χ1n) is 7.48. The molecule has 1 atom stereocenters. The molecule has 120 valence electrons. The fraction of sp³-hybridized carbons (Fsp3) is 0.412. The van der Waals surface area contributed by atoms with E-state index in [2.05, 4.69) is 16.8 Å². The number of nitrogens with zero attached hydrogens (tertiary/aromatic N) is 1. The van der Waals surface area contributed by atoms with Gasteiger partial charge in [-0.25, -0.2) is 9.78 Å². The van der Waals surface area contributed by atoms with Gasteiger partial charge in [0.15, 0.2) is 6.61 Å². The van der Waals surface area contributed by atoms with E-state index in [1.165, 1.54) is 0 Å². The van der Waals surface area contributed by atoms with Crippen molar-refractivity contribution in [3.63, 3.8) is 0 Å². The number of anilines is 1. The van der Waals surface area contributed by atoms with Crippen LogP contribution in [-0.4, -0.2) is 28.8 Å². The third kappa shape index (κ3) is 2.78. The van der Waals surface area contributed by atoms with Gasteiger partial charge in [-0.05, 0) is 32.3 Å². The van der Waals surface area contributed by atoms with Crippen molar-refractivity contribution in [1.82, 2.24) is 4.98 Å². The molecule has 0 aliphatic heterocycles. The van der Waals surface area contributed by atoms with Crippen molar-refractivity contribution in [3.8, 4) is 11.8 Å². The van der Waals surface area contributed by atoms with Crippen LogP contribution in [0.25, 0.3) is 10.2 Å². The zero-order chi connectivity index (χ0) is 16.6. The molecule has 2 aromatic heterocycles. The van der Waals surface area contributed by atoms with Crippen LogP contribution in [0.4, 0.5) is 5.69 Å². The van der Waals surface area contributed by atoms with E-state index < -0.39 is 5.97 Å². The maximum Gasteiger partial charge on any atom is 0.343 e. The maximum absolute atomic E-state index is 12.3. The van der Waals surface area contributed by atoms with Crippen LogP contribution < -0.4 is 5.73 Å². The number of aliphatic hydroxyl groups is 1. The number of carbonyl (C=O) groups excluding carboxylic acids is 1. The van der Waals surface area contributed by atoms with Gasteiger partial charge in [-0.1, -0.05) is 5.92 Å². The smallest absolute Gasteiger partial charge is 0.343 e. The quantitative estimate of drug-likeness (QED) is 0.651. The van der Waals surface area contributed by atoms with Crippen molar-refractivity contribution >= 4 is 33.2 Å². The Morgan fingerprint density at radius 1 is 1.57 bits per heavy atom. The normalized spacial score (nSPS) is 16.6. The number of nitrogen functional groups attached to an aromatic ring is 1. The number of aromatic nitrogens is 1. The molecule has 0 saturated carbocycles. The number of carbonyl (C=O) groups is 1. The second kappa shape index (κ2) is 6.19. The average molecular weight is 330 g/mol. The minimum atomic E-state index is -0.493. The van der Waals surface area contributed by atoms with E-state index in [-0.39, 0.29) is 12.7 Å². The number of fused-ring (bicyclic) bond motifs is 3. The zero-order valence-corrected chi connectivity index (χ0v) is 13.9. The van der Waals surface area contributed by atoms with Gasteiger partial charge >= 0.3 is 5.97 Å². The highest BCUT2D eigenvalue weighted by molar-refractivity contribution is 7.19. The van der Waals surface area contributed by atoms with E-state index in [1.807, 2.05) is 0 Å². The van der Waals surface area contributed by atoms with E-state index in [0.29, 0.717) is 29.8 Å². The third-order valence-corrected chi connectivity index (χ3v) is 5.19. The first-order chi connectivity index (χ1) is 11.0. The number of aliphatic hydroxyl groups excluding tert-OH is 1. The summed E-state index contributed by atoms with van der Waals surface area (Å²) in [6.07, 6.45) is 1.77. The summed E-state index contributed by atoms with van der Waals surface area (Å²) in [6, 6.07) is 0. The zero-order valence-electron chi connectivity index (χ0n) is 13.1. The molecule has 23 heavy (non-hydrogen) atoms. The van der Waals surface area contributed by atoms with Crippen molar-refractivity contribution < 1.29 is 14.6 Å². The van der Waals surface area contributed by atoms with Crippen molar-refractivity contribution in [2.45, 2.75) is 39.2 Å². The lowest BCUT2D eigenvalue weighted by atomic mass is 9.93. The molecule has 0 bridgehead atoms. The van der Waals surface area contributed by atoms with Gasteiger partial charge in [-0.15, -0.1) is 17.3 Å². The number of thiophene rings is 1. The lowest BCUT2D eigenvalue weighted by Gasteiger charge is -2.17. The minimum absolute atomic E-state index is 0.0419. The highest BCUT2D eigenvalue weighted by Gasteiger charge is 2.26. The van der Waals surface area contributed by atoms with E-state index >= 15 is 0 Å². The van der Waals surface area contributed by atoms with Gasteiger partial charge in [-0.2, -0.15) is 0 Å². The Hall–Kier alpha value is -2.10. The molecule has 1 aliphatic carbocycles. The third-order valence-electron chi connectivity index (χ3n) is 4.05. The summed E-state index contributed by atoms with van der Waals surface area (Å²) in [6.45, 7) is 3.48. The molecule has 2 aromatic rings. The van der Waals surface area contributed by atoms with Gasteiger partial charge in [-0.3, -0.25) is 0 Å². The van der Waals surface area contributed by atoms with Crippen LogP contribution >= 0.6 is 11.3 Å². The molecule has 0 unspecified atom stereocenters. The van der Waals surface area contributed by atoms with Crippen LogP contribution in [0.1, 0.15) is 39.8 Å². The molecular formula is C17H18N2O3S. The molecular weight excluding hydrogens is 312 g/mol. The van der Waals surface area contributed by atoms with E-state index in [0.717, 1.165) is 27.1 Å². The number of ether oxygens (including phenoxy) is 1.